The van der Waals surface area contributed by atoms with Crippen LogP contribution in [-0.4, -0.2) is 28.6 Å². The fourth-order valence-corrected chi connectivity index (χ4v) is 5.38. The molecule has 10 heteroatoms. The summed E-state index contributed by atoms with van der Waals surface area (Å²) in [5.41, 5.74) is 0.812. The Balaban J connectivity index is 1.87. The lowest BCUT2D eigenvalue weighted by Crippen LogP contribution is -2.30. The van der Waals surface area contributed by atoms with Crippen LogP contribution < -0.4 is 10.5 Å². The summed E-state index contributed by atoms with van der Waals surface area (Å²) >= 11 is 13.2. The molecule has 7 nitrogen and oxygen atoms in total. The van der Waals surface area contributed by atoms with Crippen molar-refractivity contribution in [1.82, 2.24) is 4.98 Å². The summed E-state index contributed by atoms with van der Waals surface area (Å²) in [6.45, 7) is 3.39. The number of aliphatic hydroxyl groups is 1. The van der Waals surface area contributed by atoms with E-state index in [0.29, 0.717) is 27.0 Å². The first-order valence-electron chi connectivity index (χ1n) is 10.6. The minimum Gasteiger partial charge on any atom is -0.502 e. The summed E-state index contributed by atoms with van der Waals surface area (Å²) in [6.07, 6.45) is 0. The number of nitrogens with one attached hydrogen (secondary N) is 1. The Morgan fingerprint density at radius 1 is 1.11 bits per heavy atom. The van der Waals surface area contributed by atoms with Gasteiger partial charge in [-0.2, -0.15) is 0 Å². The number of thioether (sulfide) groups is 1. The van der Waals surface area contributed by atoms with E-state index in [1.165, 1.54) is 4.90 Å². The van der Waals surface area contributed by atoms with Crippen LogP contribution in [0, 0.1) is 6.92 Å². The number of ether oxygens (including phenoxy) is 1. The van der Waals surface area contributed by atoms with Crippen LogP contribution in [-0.2, 0) is 9.53 Å². The predicted octanol–water partition coefficient (Wildman–Crippen LogP) is 5.82. The predicted molar refractivity (Wildman–Crippen MR) is 136 cm³/mol. The number of carbonyl (C=O) groups excluding carboxylic acids is 2. The molecule has 0 fully saturated rings. The normalized spacial score (nSPS) is 15.6. The number of aromatic amines is 1. The van der Waals surface area contributed by atoms with Crippen LogP contribution in [0.25, 0.3) is 0 Å². The summed E-state index contributed by atoms with van der Waals surface area (Å²) in [4.78, 5) is 43.1. The number of amides is 1. The van der Waals surface area contributed by atoms with Crippen molar-refractivity contribution in [2.24, 2.45) is 0 Å². The zero-order chi connectivity index (χ0) is 25.3. The Bertz CT molecular complexity index is 1400. The molecular weight excluding hydrogens is 511 g/mol. The minimum absolute atomic E-state index is 0.0820. The number of aromatic nitrogens is 1. The number of anilines is 1. The van der Waals surface area contributed by atoms with Crippen molar-refractivity contribution < 1.29 is 19.4 Å². The number of esters is 1. The zero-order valence-electron chi connectivity index (χ0n) is 18.7. The maximum Gasteiger partial charge on any atom is 0.344 e. The number of pyridine rings is 1. The second kappa shape index (κ2) is 10.2. The molecule has 1 unspecified atom stereocenters. The van der Waals surface area contributed by atoms with Gasteiger partial charge in [-0.25, -0.2) is 4.79 Å². The maximum atomic E-state index is 13.3. The van der Waals surface area contributed by atoms with Gasteiger partial charge in [0, 0.05) is 26.3 Å². The molecule has 2 heterocycles. The van der Waals surface area contributed by atoms with Crippen molar-refractivity contribution in [2.75, 3.05) is 11.5 Å². The molecule has 4 rings (SSSR count). The van der Waals surface area contributed by atoms with Gasteiger partial charge in [-0.1, -0.05) is 53.2 Å². The van der Waals surface area contributed by atoms with Gasteiger partial charge in [0.1, 0.15) is 5.56 Å². The van der Waals surface area contributed by atoms with Gasteiger partial charge in [-0.15, -0.1) is 0 Å². The number of aryl methyl sites for hydroxylation is 1. The van der Waals surface area contributed by atoms with Crippen molar-refractivity contribution in [2.45, 2.75) is 24.8 Å². The Morgan fingerprint density at radius 2 is 1.83 bits per heavy atom. The standard InChI is InChI=1S/C25H20Cl2N2O5S/c1-3-34-25(33)19-18(11-13(2)28-23(19)31)35-22-20(14-7-9-15(26)10-8-14)29(24(32)21(22)30)17-6-4-5-16(27)12-17/h4-12,20,30H,3H2,1-2H3,(H,28,31). The van der Waals surface area contributed by atoms with E-state index in [9.17, 15) is 19.5 Å². The third-order valence-electron chi connectivity index (χ3n) is 5.26. The molecule has 2 aromatic carbocycles. The molecule has 1 aromatic heterocycles. The number of H-pyrrole nitrogens is 1. The summed E-state index contributed by atoms with van der Waals surface area (Å²) in [6, 6.07) is 14.4. The summed E-state index contributed by atoms with van der Waals surface area (Å²) in [5.74, 6) is -1.94. The van der Waals surface area contributed by atoms with E-state index in [0.717, 1.165) is 11.8 Å². The van der Waals surface area contributed by atoms with E-state index in [2.05, 4.69) is 4.98 Å². The lowest BCUT2D eigenvalue weighted by molar-refractivity contribution is -0.117. The fraction of sp³-hybridized carbons (Fsp3) is 0.160. The molecule has 0 radical (unpaired) electrons. The number of rotatable bonds is 6. The van der Waals surface area contributed by atoms with Gasteiger partial charge < -0.3 is 14.8 Å². The van der Waals surface area contributed by atoms with Crippen LogP contribution >= 0.6 is 35.0 Å². The van der Waals surface area contributed by atoms with Crippen molar-refractivity contribution in [1.29, 1.82) is 0 Å². The number of nitrogens with zero attached hydrogens (tertiary/aromatic N) is 1. The Labute approximate surface area is 215 Å². The van der Waals surface area contributed by atoms with Gasteiger partial charge in [0.2, 0.25) is 0 Å². The van der Waals surface area contributed by atoms with E-state index >= 15 is 0 Å². The Kier molecular flexibility index (Phi) is 7.25. The first-order valence-corrected chi connectivity index (χ1v) is 12.1. The smallest absolute Gasteiger partial charge is 0.344 e. The minimum atomic E-state index is -0.796. The molecule has 180 valence electrons. The van der Waals surface area contributed by atoms with Crippen LogP contribution in [0.2, 0.25) is 10.0 Å². The van der Waals surface area contributed by atoms with Crippen LogP contribution in [0.4, 0.5) is 5.69 Å². The van der Waals surface area contributed by atoms with Gasteiger partial charge in [0.25, 0.3) is 11.5 Å². The monoisotopic (exact) mass is 530 g/mol. The second-order valence-electron chi connectivity index (χ2n) is 7.67. The number of halogens is 2. The highest BCUT2D eigenvalue weighted by Gasteiger charge is 2.42. The molecule has 1 aliphatic heterocycles. The zero-order valence-corrected chi connectivity index (χ0v) is 21.0. The van der Waals surface area contributed by atoms with Crippen LogP contribution in [0.1, 0.15) is 34.6 Å². The first-order chi connectivity index (χ1) is 16.7. The molecular formula is C25H20Cl2N2O5S. The molecule has 0 bridgehead atoms. The number of benzene rings is 2. The van der Waals surface area contributed by atoms with E-state index in [1.807, 2.05) is 0 Å². The summed E-state index contributed by atoms with van der Waals surface area (Å²) < 4.78 is 5.07. The van der Waals surface area contributed by atoms with Gasteiger partial charge in [0.15, 0.2) is 5.76 Å². The number of hydrogen-bond donors (Lipinski definition) is 2. The molecule has 0 saturated carbocycles. The van der Waals surface area contributed by atoms with Crippen molar-refractivity contribution in [3.8, 4) is 0 Å². The highest BCUT2D eigenvalue weighted by Crippen LogP contribution is 2.48. The lowest BCUT2D eigenvalue weighted by atomic mass is 10.1. The molecule has 2 N–H and O–H groups in total. The summed E-state index contributed by atoms with van der Waals surface area (Å²) in [5, 5.41) is 11.9. The third-order valence-corrected chi connectivity index (χ3v) is 6.93. The van der Waals surface area contributed by atoms with E-state index in [4.69, 9.17) is 27.9 Å². The molecule has 1 amide bonds. The van der Waals surface area contributed by atoms with Crippen molar-refractivity contribution in [3.05, 3.63) is 102 Å². The van der Waals surface area contributed by atoms with Crippen molar-refractivity contribution in [3.63, 3.8) is 0 Å². The molecule has 1 aliphatic rings. The SMILES string of the molecule is CCOC(=O)c1c(SC2=C(O)C(=O)N(c3cccc(Cl)c3)C2c2ccc(Cl)cc2)cc(C)[nH]c1=O. The second-order valence-corrected chi connectivity index (χ2v) is 9.62. The topological polar surface area (TPSA) is 99.7 Å². The number of hydrogen-bond acceptors (Lipinski definition) is 6. The van der Waals surface area contributed by atoms with E-state index in [1.54, 1.807) is 68.4 Å². The molecule has 0 saturated heterocycles. The number of carbonyl (C=O) groups is 2. The molecule has 3 aromatic rings. The van der Waals surface area contributed by atoms with Gasteiger partial charge >= 0.3 is 5.97 Å². The lowest BCUT2D eigenvalue weighted by Gasteiger charge is -2.27. The third kappa shape index (κ3) is 4.96. The largest absolute Gasteiger partial charge is 0.502 e. The van der Waals surface area contributed by atoms with Crippen LogP contribution in [0.3, 0.4) is 0 Å². The Morgan fingerprint density at radius 3 is 2.49 bits per heavy atom. The molecule has 35 heavy (non-hydrogen) atoms. The highest BCUT2D eigenvalue weighted by atomic mass is 35.5. The molecule has 0 aliphatic carbocycles. The Hall–Kier alpha value is -3.20. The van der Waals surface area contributed by atoms with Crippen LogP contribution in [0.5, 0.6) is 0 Å². The van der Waals surface area contributed by atoms with Gasteiger partial charge in [-0.05, 0) is 55.8 Å². The average Bonchev–Trinajstić information content (AvgIpc) is 3.04. The number of aliphatic hydroxyl groups excluding tert-OH is 1. The maximum absolute atomic E-state index is 13.3. The first kappa shape index (κ1) is 24.9. The van der Waals surface area contributed by atoms with Crippen LogP contribution in [0.15, 0.2) is 75.0 Å². The molecule has 1 atom stereocenters. The van der Waals surface area contributed by atoms with Crippen molar-refractivity contribution >= 4 is 52.5 Å². The average molecular weight is 531 g/mol. The fourth-order valence-electron chi connectivity index (χ4n) is 3.78. The molecule has 0 spiro atoms. The van der Waals surface area contributed by atoms with Gasteiger partial charge in [0.05, 0.1) is 17.6 Å². The quantitative estimate of drug-likeness (QED) is 0.389. The van der Waals surface area contributed by atoms with E-state index in [-0.39, 0.29) is 22.0 Å². The van der Waals surface area contributed by atoms with E-state index < -0.39 is 29.2 Å². The highest BCUT2D eigenvalue weighted by molar-refractivity contribution is 8.03. The van der Waals surface area contributed by atoms with Gasteiger partial charge in [-0.3, -0.25) is 14.5 Å². The summed E-state index contributed by atoms with van der Waals surface area (Å²) in [7, 11) is 0.